The number of aliphatic carboxylic acids is 1. The van der Waals surface area contributed by atoms with Gasteiger partial charge in [-0.15, -0.1) is 0 Å². The molecule has 1 aromatic rings. The van der Waals surface area contributed by atoms with E-state index in [2.05, 4.69) is 15.9 Å². The van der Waals surface area contributed by atoms with Crippen LogP contribution in [0.3, 0.4) is 0 Å². The molecule has 90 valence electrons. The van der Waals surface area contributed by atoms with Crippen LogP contribution in [0.5, 0.6) is 0 Å². The first-order valence-electron chi connectivity index (χ1n) is 4.28. The normalized spacial score (nSPS) is 11.0. The summed E-state index contributed by atoms with van der Waals surface area (Å²) in [5, 5.41) is 17.3. The third-order valence-electron chi connectivity index (χ3n) is 2.00. The van der Waals surface area contributed by atoms with Crippen LogP contribution in [0, 0.1) is 11.3 Å². The minimum Gasteiger partial charge on any atom is -0.481 e. The Balaban J connectivity index is 3.44. The summed E-state index contributed by atoms with van der Waals surface area (Å²) in [6, 6.07) is 3.37. The number of halogens is 4. The number of carboxylic acid groups (broad SMARTS) is 1. The maximum atomic E-state index is 12.5. The lowest BCUT2D eigenvalue weighted by molar-refractivity contribution is -0.139. The van der Waals surface area contributed by atoms with Gasteiger partial charge in [-0.05, 0) is 33.6 Å². The summed E-state index contributed by atoms with van der Waals surface area (Å²) in [6.45, 7) is 0. The van der Waals surface area contributed by atoms with Gasteiger partial charge in [-0.1, -0.05) is 0 Å². The summed E-state index contributed by atoms with van der Waals surface area (Å²) in [6.07, 6.45) is -5.24. The van der Waals surface area contributed by atoms with Gasteiger partial charge in [-0.2, -0.15) is 18.4 Å². The fraction of sp³-hybridized carbons (Fsp3) is 0.200. The molecule has 0 unspecified atom stereocenters. The van der Waals surface area contributed by atoms with Crippen LogP contribution >= 0.6 is 15.9 Å². The molecule has 1 rings (SSSR count). The summed E-state index contributed by atoms with van der Waals surface area (Å²) in [5.41, 5.74) is -1.25. The molecule has 7 heteroatoms. The highest BCUT2D eigenvalue weighted by molar-refractivity contribution is 9.10. The highest BCUT2D eigenvalue weighted by Gasteiger charge is 2.34. The van der Waals surface area contributed by atoms with E-state index in [4.69, 9.17) is 10.4 Å². The number of carbonyl (C=O) groups is 1. The molecule has 0 fully saturated rings. The summed E-state index contributed by atoms with van der Waals surface area (Å²) in [7, 11) is 0. The predicted octanol–water partition coefficient (Wildman–Crippen LogP) is 2.97. The maximum Gasteiger partial charge on any atom is 0.417 e. The first-order chi connectivity index (χ1) is 7.77. The standard InChI is InChI=1S/C10H5BrF3NO2/c11-9-6(3-8(16)17)5(4-15)1-2-7(9)10(12,13)14/h1-2H,3H2,(H,16,17). The monoisotopic (exact) mass is 307 g/mol. The molecule has 0 spiro atoms. The first-order valence-corrected chi connectivity index (χ1v) is 5.07. The molecule has 0 aromatic heterocycles. The molecular formula is C10H5BrF3NO2. The SMILES string of the molecule is N#Cc1ccc(C(F)(F)F)c(Br)c1CC(=O)O. The van der Waals surface area contributed by atoms with Gasteiger partial charge in [0.15, 0.2) is 0 Å². The fourth-order valence-corrected chi connectivity index (χ4v) is 1.98. The summed E-state index contributed by atoms with van der Waals surface area (Å²) < 4.78 is 37.2. The third-order valence-corrected chi connectivity index (χ3v) is 2.90. The van der Waals surface area contributed by atoms with Gasteiger partial charge in [0.2, 0.25) is 0 Å². The van der Waals surface area contributed by atoms with Gasteiger partial charge in [0, 0.05) is 4.47 Å². The molecule has 1 aromatic carbocycles. The molecule has 0 saturated carbocycles. The quantitative estimate of drug-likeness (QED) is 0.913. The zero-order valence-electron chi connectivity index (χ0n) is 8.18. The third kappa shape index (κ3) is 2.97. The van der Waals surface area contributed by atoms with Crippen LogP contribution in [0.25, 0.3) is 0 Å². The Kier molecular flexibility index (Phi) is 3.78. The van der Waals surface area contributed by atoms with Gasteiger partial charge < -0.3 is 5.11 Å². The Labute approximate surface area is 103 Å². The van der Waals surface area contributed by atoms with Crippen molar-refractivity contribution in [3.8, 4) is 6.07 Å². The second-order valence-electron chi connectivity index (χ2n) is 3.13. The number of benzene rings is 1. The topological polar surface area (TPSA) is 61.1 Å². The average Bonchev–Trinajstić information content (AvgIpc) is 2.18. The molecule has 17 heavy (non-hydrogen) atoms. The molecule has 0 aliphatic heterocycles. The van der Waals surface area contributed by atoms with E-state index in [1.165, 1.54) is 0 Å². The number of alkyl halides is 3. The van der Waals surface area contributed by atoms with Gasteiger partial charge in [-0.25, -0.2) is 0 Å². The van der Waals surface area contributed by atoms with E-state index in [0.29, 0.717) is 0 Å². The lowest BCUT2D eigenvalue weighted by Crippen LogP contribution is -2.11. The first kappa shape index (κ1) is 13.5. The summed E-state index contributed by atoms with van der Waals surface area (Å²) >= 11 is 2.70. The molecule has 0 amide bonds. The van der Waals surface area contributed by atoms with Crippen LogP contribution in [0.15, 0.2) is 16.6 Å². The Morgan fingerprint density at radius 2 is 2.06 bits per heavy atom. The van der Waals surface area contributed by atoms with Crippen LogP contribution in [-0.4, -0.2) is 11.1 Å². The highest BCUT2D eigenvalue weighted by atomic mass is 79.9. The Morgan fingerprint density at radius 3 is 2.47 bits per heavy atom. The van der Waals surface area contributed by atoms with Crippen molar-refractivity contribution in [1.82, 2.24) is 0 Å². The van der Waals surface area contributed by atoms with E-state index in [1.54, 1.807) is 6.07 Å². The van der Waals surface area contributed by atoms with Gasteiger partial charge in [0.05, 0.1) is 23.6 Å². The van der Waals surface area contributed by atoms with E-state index in [9.17, 15) is 18.0 Å². The van der Waals surface area contributed by atoms with E-state index in [-0.39, 0.29) is 11.1 Å². The average molecular weight is 308 g/mol. The van der Waals surface area contributed by atoms with Crippen molar-refractivity contribution in [2.75, 3.05) is 0 Å². The Hall–Kier alpha value is -1.55. The van der Waals surface area contributed by atoms with Crippen LogP contribution in [0.2, 0.25) is 0 Å². The zero-order valence-corrected chi connectivity index (χ0v) is 9.76. The van der Waals surface area contributed by atoms with Crippen molar-refractivity contribution in [2.24, 2.45) is 0 Å². The minimum absolute atomic E-state index is 0.0905. The van der Waals surface area contributed by atoms with Crippen molar-refractivity contribution in [1.29, 1.82) is 5.26 Å². The molecular weight excluding hydrogens is 303 g/mol. The molecule has 0 aliphatic carbocycles. The van der Waals surface area contributed by atoms with Crippen LogP contribution < -0.4 is 0 Å². The van der Waals surface area contributed by atoms with Crippen LogP contribution in [0.4, 0.5) is 13.2 Å². The lowest BCUT2D eigenvalue weighted by atomic mass is 10.0. The lowest BCUT2D eigenvalue weighted by Gasteiger charge is -2.12. The molecule has 3 nitrogen and oxygen atoms in total. The number of rotatable bonds is 2. The second kappa shape index (κ2) is 4.75. The highest BCUT2D eigenvalue weighted by Crippen LogP contribution is 2.37. The molecule has 0 heterocycles. The zero-order chi connectivity index (χ0) is 13.2. The molecule has 0 saturated heterocycles. The smallest absolute Gasteiger partial charge is 0.417 e. The Morgan fingerprint density at radius 1 is 1.47 bits per heavy atom. The van der Waals surface area contributed by atoms with Crippen LogP contribution in [0.1, 0.15) is 16.7 Å². The van der Waals surface area contributed by atoms with Crippen LogP contribution in [-0.2, 0) is 17.4 Å². The number of nitrogens with zero attached hydrogens (tertiary/aromatic N) is 1. The van der Waals surface area contributed by atoms with Gasteiger partial charge in [0.25, 0.3) is 0 Å². The molecule has 0 bridgehead atoms. The van der Waals surface area contributed by atoms with Crippen molar-refractivity contribution in [2.45, 2.75) is 12.6 Å². The second-order valence-corrected chi connectivity index (χ2v) is 3.93. The predicted molar refractivity (Wildman–Crippen MR) is 55.2 cm³/mol. The Bertz CT molecular complexity index is 505. The van der Waals surface area contributed by atoms with E-state index < -0.39 is 28.6 Å². The summed E-state index contributed by atoms with van der Waals surface area (Å²) in [5.74, 6) is -1.30. The van der Waals surface area contributed by atoms with Crippen molar-refractivity contribution in [3.63, 3.8) is 0 Å². The maximum absolute atomic E-state index is 12.5. The summed E-state index contributed by atoms with van der Waals surface area (Å²) in [4.78, 5) is 10.5. The van der Waals surface area contributed by atoms with Crippen molar-refractivity contribution < 1.29 is 23.1 Å². The van der Waals surface area contributed by atoms with E-state index in [0.717, 1.165) is 12.1 Å². The van der Waals surface area contributed by atoms with E-state index in [1.807, 2.05) is 0 Å². The van der Waals surface area contributed by atoms with Gasteiger partial charge >= 0.3 is 12.1 Å². The molecule has 0 radical (unpaired) electrons. The fourth-order valence-electron chi connectivity index (χ4n) is 1.27. The number of hydrogen-bond donors (Lipinski definition) is 1. The number of hydrogen-bond acceptors (Lipinski definition) is 2. The molecule has 1 N–H and O–H groups in total. The van der Waals surface area contributed by atoms with Crippen molar-refractivity contribution >= 4 is 21.9 Å². The largest absolute Gasteiger partial charge is 0.481 e. The molecule has 0 aliphatic rings. The van der Waals surface area contributed by atoms with Gasteiger partial charge in [-0.3, -0.25) is 4.79 Å². The number of carboxylic acids is 1. The minimum atomic E-state index is -4.60. The van der Waals surface area contributed by atoms with E-state index >= 15 is 0 Å². The van der Waals surface area contributed by atoms with Crippen molar-refractivity contribution in [3.05, 3.63) is 33.3 Å². The molecule has 0 atom stereocenters. The van der Waals surface area contributed by atoms with Gasteiger partial charge in [0.1, 0.15) is 0 Å². The number of nitriles is 1.